The van der Waals surface area contributed by atoms with Gasteiger partial charge in [0.1, 0.15) is 0 Å². The molecule has 0 aliphatic carbocycles. The van der Waals surface area contributed by atoms with Gasteiger partial charge in [-0.05, 0) is 19.3 Å². The van der Waals surface area contributed by atoms with Crippen molar-refractivity contribution < 1.29 is 35.2 Å². The molecule has 0 aromatic rings. The van der Waals surface area contributed by atoms with Gasteiger partial charge < -0.3 is 4.90 Å². The maximum absolute atomic E-state index is 13.1. The van der Waals surface area contributed by atoms with Gasteiger partial charge in [-0.25, -0.2) is 13.1 Å². The van der Waals surface area contributed by atoms with E-state index in [9.17, 15) is 35.2 Å². The van der Waals surface area contributed by atoms with E-state index in [1.165, 1.54) is 0 Å². The highest BCUT2D eigenvalue weighted by atomic mass is 32.2. The molecule has 124 valence electrons. The van der Waals surface area contributed by atoms with Crippen LogP contribution in [0.2, 0.25) is 0 Å². The number of nitrogens with one attached hydrogen (secondary N) is 1. The van der Waals surface area contributed by atoms with Crippen molar-refractivity contribution in [3.05, 3.63) is 0 Å². The minimum Gasteiger partial charge on any atom is -0.333 e. The number of nitrogens with zero attached hydrogens (tertiary/aromatic N) is 1. The third-order valence-corrected chi connectivity index (χ3v) is 3.78. The Morgan fingerprint density at radius 1 is 1.24 bits per heavy atom. The van der Waals surface area contributed by atoms with Crippen LogP contribution >= 0.6 is 0 Å². The molecule has 1 N–H and O–H groups in total. The number of sulfonamides is 1. The fraction of sp³-hybridized carbons (Fsp3) is 0.900. The van der Waals surface area contributed by atoms with Crippen molar-refractivity contribution in [3.63, 3.8) is 0 Å². The normalized spacial score (nSPS) is 21.4. The smallest absolute Gasteiger partial charge is 0.333 e. The van der Waals surface area contributed by atoms with Gasteiger partial charge in [0.2, 0.25) is 10.0 Å². The van der Waals surface area contributed by atoms with Crippen LogP contribution in [0.15, 0.2) is 0 Å². The standard InChI is InChI=1S/C10H15F5N2O3S/c1-21(19,20)16-6-7-4-2-3-5-17(7)8(18)9(11,12)10(13,14)15/h7,16H,2-6H2,1H3. The monoisotopic (exact) mass is 338 g/mol. The van der Waals surface area contributed by atoms with Crippen molar-refractivity contribution >= 4 is 15.9 Å². The van der Waals surface area contributed by atoms with E-state index in [-0.39, 0.29) is 19.4 Å². The van der Waals surface area contributed by atoms with Crippen molar-refractivity contribution in [2.75, 3.05) is 19.3 Å². The molecule has 0 aromatic carbocycles. The van der Waals surface area contributed by atoms with Gasteiger partial charge >= 0.3 is 18.0 Å². The summed E-state index contributed by atoms with van der Waals surface area (Å²) in [4.78, 5) is 11.9. The molecule has 0 saturated carbocycles. The van der Waals surface area contributed by atoms with E-state index >= 15 is 0 Å². The predicted octanol–water partition coefficient (Wildman–Crippen LogP) is 1.11. The van der Waals surface area contributed by atoms with E-state index in [2.05, 4.69) is 0 Å². The van der Waals surface area contributed by atoms with Crippen molar-refractivity contribution in [1.82, 2.24) is 9.62 Å². The topological polar surface area (TPSA) is 66.5 Å². The number of halogens is 5. The van der Waals surface area contributed by atoms with E-state index in [1.807, 2.05) is 4.72 Å². The van der Waals surface area contributed by atoms with E-state index in [0.29, 0.717) is 11.3 Å². The Balaban J connectivity index is 2.89. The van der Waals surface area contributed by atoms with E-state index in [1.54, 1.807) is 0 Å². The molecule has 0 bridgehead atoms. The van der Waals surface area contributed by atoms with Crippen molar-refractivity contribution in [3.8, 4) is 0 Å². The molecule has 21 heavy (non-hydrogen) atoms. The maximum Gasteiger partial charge on any atom is 0.463 e. The first-order valence-electron chi connectivity index (χ1n) is 6.06. The van der Waals surface area contributed by atoms with Gasteiger partial charge in [0.25, 0.3) is 0 Å². The van der Waals surface area contributed by atoms with Gasteiger partial charge in [0.15, 0.2) is 0 Å². The second-order valence-corrected chi connectivity index (χ2v) is 6.67. The number of amides is 1. The Hall–Kier alpha value is -0.970. The third-order valence-electron chi connectivity index (χ3n) is 3.09. The first-order chi connectivity index (χ1) is 9.36. The van der Waals surface area contributed by atoms with Gasteiger partial charge in [-0.1, -0.05) is 0 Å². The first-order valence-corrected chi connectivity index (χ1v) is 7.95. The predicted molar refractivity (Wildman–Crippen MR) is 63.2 cm³/mol. The summed E-state index contributed by atoms with van der Waals surface area (Å²) in [5, 5.41) is 0. The molecule has 11 heteroatoms. The number of likely N-dealkylation sites (tertiary alicyclic amines) is 1. The summed E-state index contributed by atoms with van der Waals surface area (Å²) >= 11 is 0. The SMILES string of the molecule is CS(=O)(=O)NCC1CCCCN1C(=O)C(F)(F)C(F)(F)F. The number of carbonyl (C=O) groups is 1. The zero-order valence-electron chi connectivity index (χ0n) is 11.1. The molecule has 0 spiro atoms. The molecule has 5 nitrogen and oxygen atoms in total. The summed E-state index contributed by atoms with van der Waals surface area (Å²) in [5.74, 6) is -7.82. The molecular formula is C10H15F5N2O3S. The molecule has 1 unspecified atom stereocenters. The molecule has 0 radical (unpaired) electrons. The van der Waals surface area contributed by atoms with Gasteiger partial charge in [0.05, 0.1) is 6.26 Å². The average molecular weight is 338 g/mol. The molecule has 1 saturated heterocycles. The quantitative estimate of drug-likeness (QED) is 0.781. The van der Waals surface area contributed by atoms with Crippen molar-refractivity contribution in [2.45, 2.75) is 37.4 Å². The minimum atomic E-state index is -5.98. The lowest BCUT2D eigenvalue weighted by Crippen LogP contribution is -2.58. The molecule has 1 aliphatic rings. The van der Waals surface area contributed by atoms with Crippen LogP contribution in [0.5, 0.6) is 0 Å². The first kappa shape index (κ1) is 18.1. The van der Waals surface area contributed by atoms with Crippen LogP contribution in [-0.2, 0) is 14.8 Å². The number of hydrogen-bond donors (Lipinski definition) is 1. The van der Waals surface area contributed by atoms with E-state index in [4.69, 9.17) is 0 Å². The highest BCUT2D eigenvalue weighted by Crippen LogP contribution is 2.38. The molecule has 1 heterocycles. The highest BCUT2D eigenvalue weighted by molar-refractivity contribution is 7.88. The van der Waals surface area contributed by atoms with Crippen LogP contribution < -0.4 is 4.72 Å². The summed E-state index contributed by atoms with van der Waals surface area (Å²) in [7, 11) is -3.63. The molecule has 1 atom stereocenters. The van der Waals surface area contributed by atoms with Gasteiger partial charge in [-0.2, -0.15) is 22.0 Å². The third kappa shape index (κ3) is 4.50. The fourth-order valence-electron chi connectivity index (χ4n) is 2.03. The van der Waals surface area contributed by atoms with Gasteiger partial charge in [-0.3, -0.25) is 4.79 Å². The van der Waals surface area contributed by atoms with Crippen LogP contribution in [0.1, 0.15) is 19.3 Å². The second kappa shape index (κ2) is 6.03. The molecular weight excluding hydrogens is 323 g/mol. The van der Waals surface area contributed by atoms with E-state index < -0.39 is 40.6 Å². The maximum atomic E-state index is 13.1. The Labute approximate surface area is 118 Å². The number of alkyl halides is 5. The fourth-order valence-corrected chi connectivity index (χ4v) is 2.52. The van der Waals surface area contributed by atoms with Crippen molar-refractivity contribution in [1.29, 1.82) is 0 Å². The largest absolute Gasteiger partial charge is 0.463 e. The van der Waals surface area contributed by atoms with Crippen LogP contribution in [0.25, 0.3) is 0 Å². The number of rotatable bonds is 4. The van der Waals surface area contributed by atoms with Crippen LogP contribution in [0.4, 0.5) is 22.0 Å². The molecule has 0 aromatic heterocycles. The zero-order chi connectivity index (χ0) is 16.5. The van der Waals surface area contributed by atoms with Crippen molar-refractivity contribution in [2.24, 2.45) is 0 Å². The Morgan fingerprint density at radius 3 is 2.29 bits per heavy atom. The Morgan fingerprint density at radius 2 is 1.81 bits per heavy atom. The summed E-state index contributed by atoms with van der Waals surface area (Å²) in [5.41, 5.74) is 0. The van der Waals surface area contributed by atoms with Gasteiger partial charge in [0, 0.05) is 19.1 Å². The number of piperidine rings is 1. The lowest BCUT2D eigenvalue weighted by atomic mass is 10.0. The number of hydrogen-bond acceptors (Lipinski definition) is 3. The van der Waals surface area contributed by atoms with Crippen LogP contribution in [0, 0.1) is 0 Å². The van der Waals surface area contributed by atoms with Gasteiger partial charge in [-0.15, -0.1) is 0 Å². The summed E-state index contributed by atoms with van der Waals surface area (Å²) in [6, 6.07) is -1.02. The number of carbonyl (C=O) groups excluding carboxylic acids is 1. The molecule has 1 amide bonds. The summed E-state index contributed by atoms with van der Waals surface area (Å²) in [6.07, 6.45) is -4.20. The van der Waals surface area contributed by atoms with Crippen LogP contribution in [-0.4, -0.2) is 56.7 Å². The van der Waals surface area contributed by atoms with Crippen LogP contribution in [0.3, 0.4) is 0 Å². The highest BCUT2D eigenvalue weighted by Gasteiger charge is 2.65. The Bertz CT molecular complexity index is 491. The minimum absolute atomic E-state index is 0.155. The van der Waals surface area contributed by atoms with E-state index in [0.717, 1.165) is 6.26 Å². The summed E-state index contributed by atoms with van der Waals surface area (Å²) < 4.78 is 86.8. The molecule has 1 aliphatic heterocycles. The lowest BCUT2D eigenvalue weighted by Gasteiger charge is -2.37. The summed E-state index contributed by atoms with van der Waals surface area (Å²) in [6.45, 7) is -0.654. The Kier molecular flexibility index (Phi) is 5.19. The molecule has 1 rings (SSSR count). The lowest BCUT2D eigenvalue weighted by molar-refractivity contribution is -0.275. The molecule has 1 fully saturated rings. The average Bonchev–Trinajstić information content (AvgIpc) is 2.33. The zero-order valence-corrected chi connectivity index (χ0v) is 11.9. The second-order valence-electron chi connectivity index (χ2n) is 4.84.